The first-order valence-electron chi connectivity index (χ1n) is 8.98. The molecule has 1 aromatic heterocycles. The van der Waals surface area contributed by atoms with Crippen LogP contribution >= 0.6 is 0 Å². The number of aromatic nitrogens is 2. The molecular formula is C19H23N5O6. The van der Waals surface area contributed by atoms with Gasteiger partial charge in [0.2, 0.25) is 17.9 Å². The Morgan fingerprint density at radius 3 is 2.30 bits per heavy atom. The minimum Gasteiger partial charge on any atom is -0.479 e. The van der Waals surface area contributed by atoms with Crippen molar-refractivity contribution in [2.45, 2.75) is 31.0 Å². The van der Waals surface area contributed by atoms with E-state index in [1.165, 1.54) is 12.5 Å². The van der Waals surface area contributed by atoms with Crippen LogP contribution in [-0.4, -0.2) is 64.1 Å². The first-order chi connectivity index (χ1) is 14.3. The van der Waals surface area contributed by atoms with E-state index in [9.17, 15) is 19.2 Å². The molecule has 2 aromatic rings. The SMILES string of the molecule is COC(C(=O)O)C(=O)N[C@@H](Cc1ccccc1)C(=O)N[C@@H](Cc1cnc[nH]1)C(N)=O. The lowest BCUT2D eigenvalue weighted by atomic mass is 10.0. The lowest BCUT2D eigenvalue weighted by molar-refractivity contribution is -0.155. The van der Waals surface area contributed by atoms with Crippen LogP contribution < -0.4 is 16.4 Å². The monoisotopic (exact) mass is 417 g/mol. The molecule has 0 radical (unpaired) electrons. The van der Waals surface area contributed by atoms with Gasteiger partial charge in [-0.1, -0.05) is 30.3 Å². The molecule has 0 saturated carbocycles. The lowest BCUT2D eigenvalue weighted by Crippen LogP contribution is -2.56. The van der Waals surface area contributed by atoms with Gasteiger partial charge < -0.3 is 31.2 Å². The molecule has 1 heterocycles. The number of carbonyl (C=O) groups is 4. The molecule has 0 aliphatic heterocycles. The molecule has 0 fully saturated rings. The van der Waals surface area contributed by atoms with E-state index >= 15 is 0 Å². The number of nitrogens with two attached hydrogens (primary N) is 1. The Morgan fingerprint density at radius 2 is 1.77 bits per heavy atom. The summed E-state index contributed by atoms with van der Waals surface area (Å²) in [6, 6.07) is 6.56. The van der Waals surface area contributed by atoms with Crippen LogP contribution in [0, 0.1) is 0 Å². The minimum absolute atomic E-state index is 0.0595. The number of imidazole rings is 1. The fourth-order valence-electron chi connectivity index (χ4n) is 2.74. The van der Waals surface area contributed by atoms with Crippen molar-refractivity contribution in [3.63, 3.8) is 0 Å². The molecule has 0 bridgehead atoms. The number of carboxylic acid groups (broad SMARTS) is 1. The fraction of sp³-hybridized carbons (Fsp3) is 0.316. The van der Waals surface area contributed by atoms with E-state index < -0.39 is 41.9 Å². The molecular weight excluding hydrogens is 394 g/mol. The number of H-pyrrole nitrogens is 1. The maximum Gasteiger partial charge on any atom is 0.342 e. The summed E-state index contributed by atoms with van der Waals surface area (Å²) in [6.45, 7) is 0. The van der Waals surface area contributed by atoms with Crippen molar-refractivity contribution in [2.24, 2.45) is 5.73 Å². The van der Waals surface area contributed by atoms with Crippen LogP contribution in [0.5, 0.6) is 0 Å². The number of carbonyl (C=O) groups excluding carboxylic acids is 3. The maximum absolute atomic E-state index is 12.9. The zero-order valence-corrected chi connectivity index (χ0v) is 16.2. The number of carboxylic acids is 1. The van der Waals surface area contributed by atoms with E-state index in [0.29, 0.717) is 11.3 Å². The quantitative estimate of drug-likeness (QED) is 0.284. The second-order valence-corrected chi connectivity index (χ2v) is 6.45. The highest BCUT2D eigenvalue weighted by molar-refractivity contribution is 6.02. The summed E-state index contributed by atoms with van der Waals surface area (Å²) < 4.78 is 4.67. The fourth-order valence-corrected chi connectivity index (χ4v) is 2.74. The zero-order chi connectivity index (χ0) is 22.1. The third kappa shape index (κ3) is 6.41. The van der Waals surface area contributed by atoms with Crippen molar-refractivity contribution < 1.29 is 29.0 Å². The second kappa shape index (κ2) is 10.7. The first kappa shape index (κ1) is 22.6. The van der Waals surface area contributed by atoms with Crippen LogP contribution in [0.4, 0.5) is 0 Å². The van der Waals surface area contributed by atoms with E-state index in [2.05, 4.69) is 25.3 Å². The number of hydrogen-bond donors (Lipinski definition) is 5. The van der Waals surface area contributed by atoms with Crippen LogP contribution in [0.15, 0.2) is 42.9 Å². The van der Waals surface area contributed by atoms with E-state index in [-0.39, 0.29) is 12.8 Å². The number of aliphatic carboxylic acids is 1. The van der Waals surface area contributed by atoms with E-state index in [4.69, 9.17) is 10.8 Å². The second-order valence-electron chi connectivity index (χ2n) is 6.45. The van der Waals surface area contributed by atoms with Gasteiger partial charge >= 0.3 is 5.97 Å². The van der Waals surface area contributed by atoms with Crippen molar-refractivity contribution in [2.75, 3.05) is 7.11 Å². The van der Waals surface area contributed by atoms with Crippen molar-refractivity contribution in [3.05, 3.63) is 54.1 Å². The van der Waals surface area contributed by atoms with Gasteiger partial charge in [-0.2, -0.15) is 0 Å². The van der Waals surface area contributed by atoms with Gasteiger partial charge in [0.05, 0.1) is 6.33 Å². The molecule has 0 aliphatic carbocycles. The number of hydrogen-bond acceptors (Lipinski definition) is 6. The number of benzene rings is 1. The molecule has 1 aromatic carbocycles. The summed E-state index contributed by atoms with van der Waals surface area (Å²) in [4.78, 5) is 54.8. The predicted octanol–water partition coefficient (Wildman–Crippen LogP) is -1.25. The topological polar surface area (TPSA) is 176 Å². The first-order valence-corrected chi connectivity index (χ1v) is 8.98. The number of methoxy groups -OCH3 is 1. The summed E-state index contributed by atoms with van der Waals surface area (Å²) in [5.41, 5.74) is 6.68. The summed E-state index contributed by atoms with van der Waals surface area (Å²) in [5, 5.41) is 14.0. The van der Waals surface area contributed by atoms with Gasteiger partial charge in [0, 0.05) is 31.8 Å². The third-order valence-electron chi connectivity index (χ3n) is 4.25. The highest BCUT2D eigenvalue weighted by Crippen LogP contribution is 2.06. The highest BCUT2D eigenvalue weighted by Gasteiger charge is 2.31. The molecule has 6 N–H and O–H groups in total. The van der Waals surface area contributed by atoms with Crippen LogP contribution in [-0.2, 0) is 36.8 Å². The molecule has 0 aliphatic rings. The standard InChI is InChI=1S/C19H23N5O6/c1-30-15(19(28)29)18(27)24-14(7-11-5-3-2-4-6-11)17(26)23-13(16(20)25)8-12-9-21-10-22-12/h2-6,9-10,13-15H,7-8H2,1H3,(H2,20,25)(H,21,22)(H,23,26)(H,24,27)(H,28,29)/t13-,14-,15?/m0/s1. The van der Waals surface area contributed by atoms with Crippen molar-refractivity contribution >= 4 is 23.7 Å². The number of amides is 3. The van der Waals surface area contributed by atoms with Gasteiger partial charge in [-0.3, -0.25) is 14.4 Å². The molecule has 2 rings (SSSR count). The van der Waals surface area contributed by atoms with E-state index in [0.717, 1.165) is 7.11 Å². The molecule has 11 nitrogen and oxygen atoms in total. The number of primary amides is 1. The molecule has 160 valence electrons. The van der Waals surface area contributed by atoms with E-state index in [1.807, 2.05) is 0 Å². The smallest absolute Gasteiger partial charge is 0.342 e. The van der Waals surface area contributed by atoms with Crippen LogP contribution in [0.2, 0.25) is 0 Å². The Labute approximate surface area is 172 Å². The molecule has 0 saturated heterocycles. The summed E-state index contributed by atoms with van der Waals surface area (Å²) in [6.07, 6.45) is 1.26. The van der Waals surface area contributed by atoms with Gasteiger partial charge in [-0.25, -0.2) is 9.78 Å². The largest absolute Gasteiger partial charge is 0.479 e. The zero-order valence-electron chi connectivity index (χ0n) is 16.2. The number of ether oxygens (including phenoxy) is 1. The number of nitrogens with one attached hydrogen (secondary N) is 3. The van der Waals surface area contributed by atoms with E-state index in [1.54, 1.807) is 30.3 Å². The van der Waals surface area contributed by atoms with Crippen LogP contribution in [0.1, 0.15) is 11.3 Å². The molecule has 30 heavy (non-hydrogen) atoms. The average molecular weight is 417 g/mol. The third-order valence-corrected chi connectivity index (χ3v) is 4.25. The van der Waals surface area contributed by atoms with Crippen molar-refractivity contribution in [1.82, 2.24) is 20.6 Å². The van der Waals surface area contributed by atoms with Crippen LogP contribution in [0.3, 0.4) is 0 Å². The molecule has 1 unspecified atom stereocenters. The summed E-state index contributed by atoms with van der Waals surface area (Å²) in [5.74, 6) is -3.97. The minimum atomic E-state index is -1.78. The molecule has 3 atom stereocenters. The van der Waals surface area contributed by atoms with Gasteiger partial charge in [-0.05, 0) is 5.56 Å². The lowest BCUT2D eigenvalue weighted by Gasteiger charge is -2.23. The van der Waals surface area contributed by atoms with Gasteiger partial charge in [0.15, 0.2) is 0 Å². The van der Waals surface area contributed by atoms with Gasteiger partial charge in [0.25, 0.3) is 5.91 Å². The maximum atomic E-state index is 12.9. The van der Waals surface area contributed by atoms with Crippen molar-refractivity contribution in [3.8, 4) is 0 Å². The number of aromatic amines is 1. The van der Waals surface area contributed by atoms with Gasteiger partial charge in [-0.15, -0.1) is 0 Å². The molecule has 11 heteroatoms. The summed E-state index contributed by atoms with van der Waals surface area (Å²) >= 11 is 0. The molecule has 3 amide bonds. The average Bonchev–Trinajstić information content (AvgIpc) is 3.21. The number of rotatable bonds is 11. The molecule has 0 spiro atoms. The Kier molecular flexibility index (Phi) is 8.06. The Morgan fingerprint density at radius 1 is 1.10 bits per heavy atom. The normalized spacial score (nSPS) is 13.6. The predicted molar refractivity (Wildman–Crippen MR) is 104 cm³/mol. The highest BCUT2D eigenvalue weighted by atomic mass is 16.5. The Balaban J connectivity index is 2.18. The van der Waals surface area contributed by atoms with Gasteiger partial charge in [0.1, 0.15) is 12.1 Å². The van der Waals surface area contributed by atoms with Crippen molar-refractivity contribution in [1.29, 1.82) is 0 Å². The Bertz CT molecular complexity index is 871. The Hall–Kier alpha value is -3.73. The summed E-state index contributed by atoms with van der Waals surface area (Å²) in [7, 11) is 1.07. The number of nitrogens with zero attached hydrogens (tertiary/aromatic N) is 1. The van der Waals surface area contributed by atoms with Crippen LogP contribution in [0.25, 0.3) is 0 Å².